The van der Waals surface area contributed by atoms with Gasteiger partial charge < -0.3 is 9.64 Å². The van der Waals surface area contributed by atoms with Crippen LogP contribution in [0.4, 0.5) is 5.69 Å². The van der Waals surface area contributed by atoms with Crippen molar-refractivity contribution >= 4 is 17.3 Å². The molecule has 3 aromatic rings. The average molecular weight is 386 g/mol. The predicted octanol–water partition coefficient (Wildman–Crippen LogP) is 6.10. The number of aliphatic imine (C=N–C) groups is 1. The van der Waals surface area contributed by atoms with Gasteiger partial charge in [-0.1, -0.05) is 30.3 Å². The smallest absolute Gasteiger partial charge is 0.256 e. The van der Waals surface area contributed by atoms with Gasteiger partial charge in [-0.05, 0) is 74.9 Å². The van der Waals surface area contributed by atoms with E-state index in [0.29, 0.717) is 24.3 Å². The fraction of sp³-hybridized carbons (Fsp3) is 0.200. The van der Waals surface area contributed by atoms with E-state index in [1.165, 1.54) is 0 Å². The number of hydrogen-bond acceptors (Lipinski definition) is 3. The van der Waals surface area contributed by atoms with Gasteiger partial charge in [0.15, 0.2) is 0 Å². The van der Waals surface area contributed by atoms with E-state index in [2.05, 4.69) is 0 Å². The predicted molar refractivity (Wildman–Crippen MR) is 119 cm³/mol. The molecule has 0 aliphatic heterocycles. The summed E-state index contributed by atoms with van der Waals surface area (Å²) in [5.41, 5.74) is 3.14. The molecule has 0 radical (unpaired) electrons. The van der Waals surface area contributed by atoms with Gasteiger partial charge in [-0.2, -0.15) is 0 Å². The summed E-state index contributed by atoms with van der Waals surface area (Å²) >= 11 is 0. The third kappa shape index (κ3) is 5.11. The molecule has 3 aromatic carbocycles. The van der Waals surface area contributed by atoms with Gasteiger partial charge in [-0.25, -0.2) is 0 Å². The van der Waals surface area contributed by atoms with Crippen LogP contribution in [0.2, 0.25) is 0 Å². The molecule has 0 atom stereocenters. The molecule has 0 aliphatic carbocycles. The first-order valence-corrected chi connectivity index (χ1v) is 9.89. The van der Waals surface area contributed by atoms with Crippen molar-refractivity contribution in [3.63, 3.8) is 0 Å². The third-order valence-electron chi connectivity index (χ3n) is 4.72. The highest BCUT2D eigenvalue weighted by Crippen LogP contribution is 2.24. The normalized spacial score (nSPS) is 11.2. The van der Waals surface area contributed by atoms with Crippen molar-refractivity contribution in [3.05, 3.63) is 90.0 Å². The molecule has 29 heavy (non-hydrogen) atoms. The Bertz CT molecular complexity index is 975. The van der Waals surface area contributed by atoms with E-state index in [0.717, 1.165) is 22.8 Å². The third-order valence-corrected chi connectivity index (χ3v) is 4.72. The van der Waals surface area contributed by atoms with Crippen LogP contribution in [0.3, 0.4) is 0 Å². The van der Waals surface area contributed by atoms with Gasteiger partial charge in [0.05, 0.1) is 11.3 Å². The van der Waals surface area contributed by atoms with Crippen molar-refractivity contribution in [2.75, 3.05) is 13.1 Å². The highest BCUT2D eigenvalue weighted by Gasteiger charge is 2.16. The highest BCUT2D eigenvalue weighted by atomic mass is 16.5. The Balaban J connectivity index is 1.82. The quantitative estimate of drug-likeness (QED) is 0.460. The maximum absolute atomic E-state index is 12.8. The summed E-state index contributed by atoms with van der Waals surface area (Å²) in [7, 11) is 0. The van der Waals surface area contributed by atoms with Gasteiger partial charge in [-0.3, -0.25) is 9.79 Å². The summed E-state index contributed by atoms with van der Waals surface area (Å²) in [5, 5.41) is 0. The van der Waals surface area contributed by atoms with Crippen molar-refractivity contribution in [2.45, 2.75) is 20.8 Å². The molecule has 0 saturated carbocycles. The van der Waals surface area contributed by atoms with Gasteiger partial charge in [0.25, 0.3) is 5.91 Å². The van der Waals surface area contributed by atoms with Gasteiger partial charge >= 0.3 is 0 Å². The van der Waals surface area contributed by atoms with Crippen LogP contribution in [0.1, 0.15) is 36.7 Å². The summed E-state index contributed by atoms with van der Waals surface area (Å²) in [5.74, 6) is 1.58. The molecule has 0 aromatic heterocycles. The minimum absolute atomic E-state index is 0.00811. The largest absolute Gasteiger partial charge is 0.457 e. The Morgan fingerprint density at radius 3 is 2.07 bits per heavy atom. The first-order chi connectivity index (χ1) is 14.1. The van der Waals surface area contributed by atoms with Crippen LogP contribution in [-0.2, 0) is 0 Å². The van der Waals surface area contributed by atoms with E-state index in [-0.39, 0.29) is 5.91 Å². The molecule has 0 fully saturated rings. The molecular weight excluding hydrogens is 360 g/mol. The zero-order valence-electron chi connectivity index (χ0n) is 17.1. The number of carbonyl (C=O) groups excluding carboxylic acids is 1. The number of amides is 1. The monoisotopic (exact) mass is 386 g/mol. The fourth-order valence-electron chi connectivity index (χ4n) is 3.07. The minimum atomic E-state index is 0.00811. The van der Waals surface area contributed by atoms with Crippen molar-refractivity contribution in [1.82, 2.24) is 4.90 Å². The summed E-state index contributed by atoms with van der Waals surface area (Å²) in [6, 6.07) is 25.0. The lowest BCUT2D eigenvalue weighted by molar-refractivity contribution is 0.0774. The number of hydrogen-bond donors (Lipinski definition) is 0. The fourth-order valence-corrected chi connectivity index (χ4v) is 3.07. The Kier molecular flexibility index (Phi) is 6.80. The molecule has 0 N–H and O–H groups in total. The van der Waals surface area contributed by atoms with Crippen LogP contribution in [0.5, 0.6) is 11.5 Å². The average Bonchev–Trinajstić information content (AvgIpc) is 2.76. The van der Waals surface area contributed by atoms with Gasteiger partial charge in [0.2, 0.25) is 0 Å². The maximum Gasteiger partial charge on any atom is 0.256 e. The summed E-state index contributed by atoms with van der Waals surface area (Å²) in [6.45, 7) is 7.27. The lowest BCUT2D eigenvalue weighted by Crippen LogP contribution is -2.30. The van der Waals surface area contributed by atoms with Crippen molar-refractivity contribution in [2.24, 2.45) is 4.99 Å². The first kappa shape index (κ1) is 20.3. The van der Waals surface area contributed by atoms with E-state index in [4.69, 9.17) is 9.73 Å². The number of ether oxygens (including phenoxy) is 1. The van der Waals surface area contributed by atoms with Crippen LogP contribution in [0, 0.1) is 0 Å². The summed E-state index contributed by atoms with van der Waals surface area (Å²) in [4.78, 5) is 19.4. The van der Waals surface area contributed by atoms with Crippen LogP contribution >= 0.6 is 0 Å². The number of para-hydroxylation sites is 2. The second-order valence-corrected chi connectivity index (χ2v) is 6.63. The highest BCUT2D eigenvalue weighted by molar-refractivity contribution is 6.04. The molecule has 0 saturated heterocycles. The number of rotatable bonds is 7. The van der Waals surface area contributed by atoms with Gasteiger partial charge in [0, 0.05) is 18.8 Å². The van der Waals surface area contributed by atoms with E-state index in [9.17, 15) is 4.79 Å². The van der Waals surface area contributed by atoms with Crippen molar-refractivity contribution in [1.29, 1.82) is 0 Å². The molecule has 3 rings (SSSR count). The summed E-state index contributed by atoms with van der Waals surface area (Å²) < 4.78 is 5.84. The minimum Gasteiger partial charge on any atom is -0.457 e. The molecular formula is C25H26N2O2. The Hall–Kier alpha value is -3.40. The molecule has 0 bridgehead atoms. The molecule has 4 nitrogen and oxygen atoms in total. The number of benzene rings is 3. The van der Waals surface area contributed by atoms with Crippen LogP contribution in [0.25, 0.3) is 0 Å². The molecule has 148 valence electrons. The number of nitrogens with zero attached hydrogens (tertiary/aromatic N) is 2. The lowest BCUT2D eigenvalue weighted by atomic mass is 10.1. The Labute approximate surface area is 172 Å². The van der Waals surface area contributed by atoms with Crippen LogP contribution in [-0.4, -0.2) is 29.6 Å². The Morgan fingerprint density at radius 2 is 1.41 bits per heavy atom. The standard InChI is InChI=1S/C25H26N2O2/c1-4-27(5-2)25(28)23-13-9-10-14-24(23)26-19(3)20-15-17-22(18-16-20)29-21-11-7-6-8-12-21/h6-18H,4-5H2,1-3H3. The van der Waals surface area contributed by atoms with E-state index >= 15 is 0 Å². The maximum atomic E-state index is 12.8. The zero-order valence-corrected chi connectivity index (χ0v) is 17.1. The second-order valence-electron chi connectivity index (χ2n) is 6.63. The van der Waals surface area contributed by atoms with Gasteiger partial charge in [-0.15, -0.1) is 0 Å². The molecule has 1 amide bonds. The molecule has 0 unspecified atom stereocenters. The van der Waals surface area contributed by atoms with Gasteiger partial charge in [0.1, 0.15) is 11.5 Å². The second kappa shape index (κ2) is 9.69. The topological polar surface area (TPSA) is 41.9 Å². The molecule has 4 heteroatoms. The van der Waals surface area contributed by atoms with Crippen molar-refractivity contribution < 1.29 is 9.53 Å². The lowest BCUT2D eigenvalue weighted by Gasteiger charge is -2.19. The molecule has 0 aliphatic rings. The number of carbonyl (C=O) groups is 1. The van der Waals surface area contributed by atoms with Crippen LogP contribution < -0.4 is 4.74 Å². The SMILES string of the molecule is CCN(CC)C(=O)c1ccccc1N=C(C)c1ccc(Oc2ccccc2)cc1. The zero-order chi connectivity index (χ0) is 20.6. The van der Waals surface area contributed by atoms with E-state index in [1.54, 1.807) is 4.90 Å². The van der Waals surface area contributed by atoms with E-state index in [1.807, 2.05) is 99.6 Å². The molecule has 0 heterocycles. The van der Waals surface area contributed by atoms with Crippen molar-refractivity contribution in [3.8, 4) is 11.5 Å². The van der Waals surface area contributed by atoms with E-state index < -0.39 is 0 Å². The van der Waals surface area contributed by atoms with Crippen LogP contribution in [0.15, 0.2) is 83.9 Å². The Morgan fingerprint density at radius 1 is 0.828 bits per heavy atom. The first-order valence-electron chi connectivity index (χ1n) is 9.89. The molecule has 0 spiro atoms. The summed E-state index contributed by atoms with van der Waals surface area (Å²) in [6.07, 6.45) is 0.